The Kier molecular flexibility index (Phi) is 4.77. The van der Waals surface area contributed by atoms with Crippen LogP contribution in [0, 0.1) is 13.8 Å². The zero-order chi connectivity index (χ0) is 16.3. The van der Waals surface area contributed by atoms with Crippen LogP contribution in [0.25, 0.3) is 0 Å². The first kappa shape index (κ1) is 16.0. The summed E-state index contributed by atoms with van der Waals surface area (Å²) in [5, 5.41) is 7.65. The largest absolute Gasteiger partial charge is 0.368 e. The Hall–Kier alpha value is -2.41. The van der Waals surface area contributed by atoms with Crippen LogP contribution in [0.1, 0.15) is 32.4 Å². The highest BCUT2D eigenvalue weighted by atomic mass is 32.2. The summed E-state index contributed by atoms with van der Waals surface area (Å²) in [5.41, 5.74) is 13.2. The molecule has 2 amide bonds. The second-order valence-corrected chi connectivity index (χ2v) is 5.86. The lowest BCUT2D eigenvalue weighted by atomic mass is 10.1. The van der Waals surface area contributed by atoms with Crippen molar-refractivity contribution in [3.63, 3.8) is 0 Å². The number of nitrogens with two attached hydrogens (primary N) is 2. The molecule has 22 heavy (non-hydrogen) atoms. The molecule has 0 fully saturated rings. The number of benzene rings is 1. The predicted octanol–water partition coefficient (Wildman–Crippen LogP) is 1.51. The fraction of sp³-hybridized carbons (Fsp3) is 0.200. The number of primary amides is 2. The van der Waals surface area contributed by atoms with E-state index in [9.17, 15) is 9.59 Å². The lowest BCUT2D eigenvalue weighted by molar-refractivity contribution is -0.117. The number of hydrogen-bond acceptors (Lipinski definition) is 5. The van der Waals surface area contributed by atoms with E-state index in [2.05, 4.69) is 10.2 Å². The SMILES string of the molecule is Cc1nnc(SC(C(N)=O)c2ccccc2)c(C(N)=O)c1C. The minimum absolute atomic E-state index is 0.277. The molecule has 1 aromatic heterocycles. The monoisotopic (exact) mass is 316 g/mol. The average molecular weight is 316 g/mol. The van der Waals surface area contributed by atoms with Gasteiger partial charge in [-0.2, -0.15) is 5.10 Å². The number of amides is 2. The van der Waals surface area contributed by atoms with E-state index >= 15 is 0 Å². The van der Waals surface area contributed by atoms with Crippen molar-refractivity contribution in [1.82, 2.24) is 10.2 Å². The Bertz CT molecular complexity index is 719. The van der Waals surface area contributed by atoms with Crippen LogP contribution in [-0.4, -0.2) is 22.0 Å². The number of aromatic nitrogens is 2. The number of nitrogens with zero attached hydrogens (tertiary/aromatic N) is 2. The maximum atomic E-state index is 11.8. The molecule has 0 saturated heterocycles. The molecule has 1 atom stereocenters. The first-order chi connectivity index (χ1) is 10.4. The molecule has 1 unspecified atom stereocenters. The molecule has 0 spiro atoms. The standard InChI is InChI=1S/C15H16N4O2S/c1-8-9(2)18-19-15(11(8)13(16)20)22-12(14(17)21)10-6-4-3-5-7-10/h3-7,12H,1-2H3,(H2,16,20)(H2,17,21). The van der Waals surface area contributed by atoms with Crippen LogP contribution in [0.3, 0.4) is 0 Å². The highest BCUT2D eigenvalue weighted by Crippen LogP contribution is 2.36. The zero-order valence-corrected chi connectivity index (χ0v) is 13.1. The van der Waals surface area contributed by atoms with Gasteiger partial charge in [-0.25, -0.2) is 0 Å². The summed E-state index contributed by atoms with van der Waals surface area (Å²) in [7, 11) is 0. The maximum absolute atomic E-state index is 11.8. The summed E-state index contributed by atoms with van der Waals surface area (Å²) < 4.78 is 0. The molecule has 114 valence electrons. The van der Waals surface area contributed by atoms with Crippen LogP contribution >= 0.6 is 11.8 Å². The van der Waals surface area contributed by atoms with Crippen LogP contribution in [0.4, 0.5) is 0 Å². The third-order valence-electron chi connectivity index (χ3n) is 3.26. The van der Waals surface area contributed by atoms with Gasteiger partial charge in [-0.1, -0.05) is 42.1 Å². The second kappa shape index (κ2) is 6.57. The van der Waals surface area contributed by atoms with Crippen LogP contribution < -0.4 is 11.5 Å². The molecule has 2 aromatic rings. The van der Waals surface area contributed by atoms with Crippen molar-refractivity contribution < 1.29 is 9.59 Å². The Labute approximate surface area is 132 Å². The summed E-state index contributed by atoms with van der Waals surface area (Å²) >= 11 is 1.08. The molecule has 0 bridgehead atoms. The van der Waals surface area contributed by atoms with Crippen molar-refractivity contribution in [1.29, 1.82) is 0 Å². The van der Waals surface area contributed by atoms with Gasteiger partial charge in [0.25, 0.3) is 5.91 Å². The third-order valence-corrected chi connectivity index (χ3v) is 4.51. The molecule has 0 aliphatic heterocycles. The van der Waals surface area contributed by atoms with Crippen molar-refractivity contribution >= 4 is 23.6 Å². The second-order valence-electron chi connectivity index (χ2n) is 4.77. The van der Waals surface area contributed by atoms with E-state index in [1.807, 2.05) is 18.2 Å². The first-order valence-corrected chi connectivity index (χ1v) is 7.44. The van der Waals surface area contributed by atoms with Crippen molar-refractivity contribution in [2.24, 2.45) is 11.5 Å². The molecule has 0 radical (unpaired) electrons. The fourth-order valence-corrected chi connectivity index (χ4v) is 3.08. The van der Waals surface area contributed by atoms with Crippen LogP contribution in [0.5, 0.6) is 0 Å². The number of carbonyl (C=O) groups is 2. The summed E-state index contributed by atoms with van der Waals surface area (Å²) in [4.78, 5) is 23.5. The Morgan fingerprint density at radius 1 is 1.09 bits per heavy atom. The van der Waals surface area contributed by atoms with Gasteiger partial charge in [-0.3, -0.25) is 9.59 Å². The molecule has 0 saturated carbocycles. The van der Waals surface area contributed by atoms with Gasteiger partial charge in [-0.05, 0) is 25.0 Å². The number of thioether (sulfide) groups is 1. The highest BCUT2D eigenvalue weighted by molar-refractivity contribution is 8.00. The van der Waals surface area contributed by atoms with E-state index in [-0.39, 0.29) is 5.56 Å². The van der Waals surface area contributed by atoms with E-state index in [4.69, 9.17) is 11.5 Å². The molecule has 4 N–H and O–H groups in total. The van der Waals surface area contributed by atoms with Crippen LogP contribution in [-0.2, 0) is 4.79 Å². The van der Waals surface area contributed by atoms with Crippen LogP contribution in [0.2, 0.25) is 0 Å². The molecule has 0 aliphatic rings. The molecule has 1 heterocycles. The van der Waals surface area contributed by atoms with E-state index in [1.165, 1.54) is 0 Å². The number of aryl methyl sites for hydroxylation is 1. The van der Waals surface area contributed by atoms with Gasteiger partial charge in [0.1, 0.15) is 10.3 Å². The summed E-state index contributed by atoms with van der Waals surface area (Å²) in [6.45, 7) is 3.49. The van der Waals surface area contributed by atoms with Crippen molar-refractivity contribution in [2.75, 3.05) is 0 Å². The van der Waals surface area contributed by atoms with Gasteiger partial charge in [0, 0.05) is 0 Å². The van der Waals surface area contributed by atoms with Crippen LogP contribution in [0.15, 0.2) is 35.4 Å². The highest BCUT2D eigenvalue weighted by Gasteiger charge is 2.24. The smallest absolute Gasteiger partial charge is 0.251 e. The number of hydrogen-bond donors (Lipinski definition) is 2. The fourth-order valence-electron chi connectivity index (χ4n) is 1.99. The molecule has 2 rings (SSSR count). The molecule has 0 aliphatic carbocycles. The van der Waals surface area contributed by atoms with E-state index in [0.717, 1.165) is 17.3 Å². The Balaban J connectivity index is 2.46. The number of rotatable bonds is 5. The Morgan fingerprint density at radius 3 is 2.27 bits per heavy atom. The normalized spacial score (nSPS) is 11.9. The van der Waals surface area contributed by atoms with Gasteiger partial charge in [-0.15, -0.1) is 5.10 Å². The first-order valence-electron chi connectivity index (χ1n) is 6.56. The van der Waals surface area contributed by atoms with Gasteiger partial charge >= 0.3 is 0 Å². The summed E-state index contributed by atoms with van der Waals surface area (Å²) in [6.07, 6.45) is 0. The molecular weight excluding hydrogens is 300 g/mol. The quantitative estimate of drug-likeness (QED) is 0.812. The van der Waals surface area contributed by atoms with Crippen molar-refractivity contribution in [3.8, 4) is 0 Å². The average Bonchev–Trinajstić information content (AvgIpc) is 2.48. The van der Waals surface area contributed by atoms with Gasteiger partial charge < -0.3 is 11.5 Å². The maximum Gasteiger partial charge on any atom is 0.251 e. The van der Waals surface area contributed by atoms with Crippen molar-refractivity contribution in [2.45, 2.75) is 24.1 Å². The summed E-state index contributed by atoms with van der Waals surface area (Å²) in [6, 6.07) is 9.05. The summed E-state index contributed by atoms with van der Waals surface area (Å²) in [5.74, 6) is -1.12. The molecule has 6 nitrogen and oxygen atoms in total. The van der Waals surface area contributed by atoms with Gasteiger partial charge in [0.05, 0.1) is 11.3 Å². The van der Waals surface area contributed by atoms with E-state index < -0.39 is 17.1 Å². The minimum Gasteiger partial charge on any atom is -0.368 e. The van der Waals surface area contributed by atoms with E-state index in [1.54, 1.807) is 26.0 Å². The lowest BCUT2D eigenvalue weighted by Crippen LogP contribution is -2.21. The van der Waals surface area contributed by atoms with Gasteiger partial charge in [0.2, 0.25) is 5.91 Å². The molecule has 7 heteroatoms. The number of carbonyl (C=O) groups excluding carboxylic acids is 2. The molecule has 1 aromatic carbocycles. The molecular formula is C15H16N4O2S. The van der Waals surface area contributed by atoms with E-state index in [0.29, 0.717) is 16.3 Å². The lowest BCUT2D eigenvalue weighted by Gasteiger charge is -2.15. The van der Waals surface area contributed by atoms with Gasteiger partial charge in [0.15, 0.2) is 0 Å². The zero-order valence-electron chi connectivity index (χ0n) is 12.2. The topological polar surface area (TPSA) is 112 Å². The predicted molar refractivity (Wildman–Crippen MR) is 84.3 cm³/mol. The minimum atomic E-state index is -0.671. The Morgan fingerprint density at radius 2 is 1.73 bits per heavy atom. The van der Waals surface area contributed by atoms with Crippen molar-refractivity contribution in [3.05, 3.63) is 52.7 Å². The third kappa shape index (κ3) is 3.25.